The van der Waals surface area contributed by atoms with Crippen LogP contribution in [0.25, 0.3) is 11.0 Å². The highest BCUT2D eigenvalue weighted by Gasteiger charge is 2.40. The number of benzene rings is 3. The van der Waals surface area contributed by atoms with Crippen LogP contribution in [-0.4, -0.2) is 12.5 Å². The fourth-order valence-electron chi connectivity index (χ4n) is 3.60. The number of rotatable bonds is 7. The molecule has 3 aromatic carbocycles. The summed E-state index contributed by atoms with van der Waals surface area (Å²) in [5, 5.41) is 2.88. The number of alkyl halides is 3. The van der Waals surface area contributed by atoms with E-state index in [0.717, 1.165) is 6.07 Å². The summed E-state index contributed by atoms with van der Waals surface area (Å²) in [6, 6.07) is 16.7. The molecule has 0 aliphatic rings. The summed E-state index contributed by atoms with van der Waals surface area (Å²) in [4.78, 5) is 25.3. The number of hydrogen-bond donors (Lipinski definition) is 1. The molecule has 0 fully saturated rings. The van der Waals surface area contributed by atoms with Gasteiger partial charge in [0.05, 0.1) is 5.39 Å². The Morgan fingerprint density at radius 1 is 1.05 bits per heavy atom. The molecule has 0 radical (unpaired) electrons. The van der Waals surface area contributed by atoms with Crippen molar-refractivity contribution in [2.75, 3.05) is 11.9 Å². The number of ether oxygens (including phenoxy) is 2. The van der Waals surface area contributed by atoms with Crippen LogP contribution in [0.15, 0.2) is 75.9 Å². The van der Waals surface area contributed by atoms with E-state index >= 15 is 0 Å². The van der Waals surface area contributed by atoms with Crippen LogP contribution in [-0.2, 0) is 11.0 Å². The minimum Gasteiger partial charge on any atom is -0.484 e. The van der Waals surface area contributed by atoms with E-state index in [1.807, 2.05) is 13.8 Å². The second kappa shape index (κ2) is 10.6. The molecule has 0 bridgehead atoms. The Kier molecular flexibility index (Phi) is 7.45. The average molecular weight is 532 g/mol. The molecule has 4 aromatic rings. The van der Waals surface area contributed by atoms with Crippen LogP contribution in [0.1, 0.15) is 31.1 Å². The number of nitrogens with one attached hydrogen (secondary N) is 1. The third-order valence-corrected chi connectivity index (χ3v) is 5.55. The zero-order chi connectivity index (χ0) is 26.7. The van der Waals surface area contributed by atoms with Crippen molar-refractivity contribution in [2.24, 2.45) is 0 Å². The van der Waals surface area contributed by atoms with Gasteiger partial charge in [0.25, 0.3) is 11.7 Å². The normalized spacial score (nSPS) is 11.5. The molecule has 1 amide bonds. The van der Waals surface area contributed by atoms with Gasteiger partial charge in [-0.15, -0.1) is 0 Å². The summed E-state index contributed by atoms with van der Waals surface area (Å²) in [6.07, 6.45) is -5.01. The summed E-state index contributed by atoms with van der Waals surface area (Å²) >= 11 is 5.88. The number of hydrogen-bond acceptors (Lipinski definition) is 5. The zero-order valence-electron chi connectivity index (χ0n) is 19.7. The van der Waals surface area contributed by atoms with Crippen molar-refractivity contribution in [1.82, 2.24) is 0 Å². The molecular weight excluding hydrogens is 511 g/mol. The molecule has 0 aliphatic carbocycles. The van der Waals surface area contributed by atoms with Crippen LogP contribution in [0.2, 0.25) is 5.02 Å². The summed E-state index contributed by atoms with van der Waals surface area (Å²) in [7, 11) is 0. The smallest absolute Gasteiger partial charge is 0.453 e. The topological polar surface area (TPSA) is 77.8 Å². The van der Waals surface area contributed by atoms with Gasteiger partial charge < -0.3 is 19.2 Å². The Labute approximate surface area is 214 Å². The van der Waals surface area contributed by atoms with E-state index < -0.39 is 35.6 Å². The predicted octanol–water partition coefficient (Wildman–Crippen LogP) is 7.40. The molecule has 10 heteroatoms. The van der Waals surface area contributed by atoms with Gasteiger partial charge in [-0.1, -0.05) is 49.7 Å². The summed E-state index contributed by atoms with van der Waals surface area (Å²) in [6.45, 7) is 3.26. The summed E-state index contributed by atoms with van der Waals surface area (Å²) < 4.78 is 57.7. The molecule has 1 N–H and O–H groups in total. The standard InChI is InChI=1S/C27H21ClF3NO5/c1-15(2)19-8-3-4-9-21(19)36-25-24(34)20-11-10-18(13-22(20)37-26(25)27(29,30)31)35-14-23(33)32-17-7-5-6-16(28)12-17/h3-13,15H,14H2,1-2H3,(H,32,33). The van der Waals surface area contributed by atoms with E-state index in [1.54, 1.807) is 42.5 Å². The van der Waals surface area contributed by atoms with Gasteiger partial charge in [0.2, 0.25) is 11.2 Å². The first-order chi connectivity index (χ1) is 17.5. The SMILES string of the molecule is CC(C)c1ccccc1Oc1c(C(F)(F)F)oc2cc(OCC(=O)Nc3cccc(Cl)c3)ccc2c1=O. The van der Waals surface area contributed by atoms with Crippen LogP contribution < -0.4 is 20.2 Å². The van der Waals surface area contributed by atoms with E-state index in [9.17, 15) is 22.8 Å². The zero-order valence-corrected chi connectivity index (χ0v) is 20.4. The Hall–Kier alpha value is -3.98. The lowest BCUT2D eigenvalue weighted by Gasteiger charge is -2.16. The quantitative estimate of drug-likeness (QED) is 0.269. The van der Waals surface area contributed by atoms with Crippen molar-refractivity contribution in [3.05, 3.63) is 93.3 Å². The lowest BCUT2D eigenvalue weighted by atomic mass is 10.0. The minimum absolute atomic E-state index is 0.0313. The van der Waals surface area contributed by atoms with E-state index in [1.165, 1.54) is 18.2 Å². The number of carbonyl (C=O) groups excluding carboxylic acids is 1. The number of halogens is 4. The molecule has 1 heterocycles. The van der Waals surface area contributed by atoms with Crippen molar-refractivity contribution < 1.29 is 31.9 Å². The second-order valence-corrected chi connectivity index (χ2v) is 8.82. The molecule has 0 saturated carbocycles. The van der Waals surface area contributed by atoms with Gasteiger partial charge in [0.15, 0.2) is 6.61 Å². The number of fused-ring (bicyclic) bond motifs is 1. The Bertz CT molecular complexity index is 1510. The third-order valence-electron chi connectivity index (χ3n) is 5.31. The highest BCUT2D eigenvalue weighted by Crippen LogP contribution is 2.40. The van der Waals surface area contributed by atoms with E-state index in [4.69, 9.17) is 25.5 Å². The number of anilines is 1. The van der Waals surface area contributed by atoms with E-state index in [2.05, 4.69) is 5.32 Å². The van der Waals surface area contributed by atoms with Crippen molar-refractivity contribution >= 4 is 34.2 Å². The fourth-order valence-corrected chi connectivity index (χ4v) is 3.79. The van der Waals surface area contributed by atoms with Gasteiger partial charge in [-0.3, -0.25) is 9.59 Å². The monoisotopic (exact) mass is 531 g/mol. The van der Waals surface area contributed by atoms with Crippen LogP contribution in [0.5, 0.6) is 17.2 Å². The number of para-hydroxylation sites is 1. The lowest BCUT2D eigenvalue weighted by molar-refractivity contribution is -0.154. The van der Waals surface area contributed by atoms with Crippen LogP contribution >= 0.6 is 11.6 Å². The first-order valence-corrected chi connectivity index (χ1v) is 11.5. The van der Waals surface area contributed by atoms with Crippen LogP contribution in [0.4, 0.5) is 18.9 Å². The Balaban J connectivity index is 1.63. The minimum atomic E-state index is -5.01. The summed E-state index contributed by atoms with van der Waals surface area (Å²) in [5.41, 5.74) is -0.270. The number of carbonyl (C=O) groups is 1. The highest BCUT2D eigenvalue weighted by molar-refractivity contribution is 6.30. The van der Waals surface area contributed by atoms with Crippen molar-refractivity contribution in [3.63, 3.8) is 0 Å². The third kappa shape index (κ3) is 6.06. The molecule has 192 valence electrons. The van der Waals surface area contributed by atoms with Crippen LogP contribution in [0, 0.1) is 0 Å². The van der Waals surface area contributed by atoms with Gasteiger partial charge in [-0.2, -0.15) is 13.2 Å². The van der Waals surface area contributed by atoms with Gasteiger partial charge >= 0.3 is 6.18 Å². The van der Waals surface area contributed by atoms with E-state index in [0.29, 0.717) is 16.3 Å². The molecular formula is C27H21ClF3NO5. The van der Waals surface area contributed by atoms with Gasteiger partial charge in [0.1, 0.15) is 17.1 Å². The maximum Gasteiger partial charge on any atom is 0.453 e. The molecule has 1 aromatic heterocycles. The van der Waals surface area contributed by atoms with Crippen LogP contribution in [0.3, 0.4) is 0 Å². The molecule has 0 atom stereocenters. The molecule has 4 rings (SSSR count). The molecule has 0 aliphatic heterocycles. The van der Waals surface area contributed by atoms with Crippen molar-refractivity contribution in [1.29, 1.82) is 0 Å². The second-order valence-electron chi connectivity index (χ2n) is 8.39. The predicted molar refractivity (Wildman–Crippen MR) is 134 cm³/mol. The number of amides is 1. The molecule has 0 unspecified atom stereocenters. The maximum absolute atomic E-state index is 13.9. The molecule has 0 spiro atoms. The van der Waals surface area contributed by atoms with Crippen molar-refractivity contribution in [2.45, 2.75) is 25.9 Å². The van der Waals surface area contributed by atoms with Gasteiger partial charge in [0, 0.05) is 16.8 Å². The fraction of sp³-hybridized carbons (Fsp3) is 0.185. The first-order valence-electron chi connectivity index (χ1n) is 11.2. The van der Waals surface area contributed by atoms with Gasteiger partial charge in [-0.25, -0.2) is 0 Å². The van der Waals surface area contributed by atoms with E-state index in [-0.39, 0.29) is 28.4 Å². The lowest BCUT2D eigenvalue weighted by Crippen LogP contribution is -2.20. The highest BCUT2D eigenvalue weighted by atomic mass is 35.5. The van der Waals surface area contributed by atoms with Gasteiger partial charge in [-0.05, 0) is 47.9 Å². The molecule has 0 saturated heterocycles. The van der Waals surface area contributed by atoms with Crippen molar-refractivity contribution in [3.8, 4) is 17.2 Å². The molecule has 37 heavy (non-hydrogen) atoms. The average Bonchev–Trinajstić information content (AvgIpc) is 2.83. The summed E-state index contributed by atoms with van der Waals surface area (Å²) in [5.74, 6) is -2.95. The Morgan fingerprint density at radius 3 is 2.51 bits per heavy atom. The molecule has 6 nitrogen and oxygen atoms in total. The first kappa shape index (κ1) is 26.1. The largest absolute Gasteiger partial charge is 0.484 e. The Morgan fingerprint density at radius 2 is 1.81 bits per heavy atom. The maximum atomic E-state index is 13.9.